The number of carbonyl (C=O) groups excluding carboxylic acids is 1. The van der Waals surface area contributed by atoms with Crippen molar-refractivity contribution in [1.29, 1.82) is 0 Å². The third-order valence-electron chi connectivity index (χ3n) is 6.76. The van der Waals surface area contributed by atoms with Gasteiger partial charge in [-0.3, -0.25) is 4.79 Å². The second kappa shape index (κ2) is 11.1. The van der Waals surface area contributed by atoms with Gasteiger partial charge in [-0.15, -0.1) is 0 Å². The second-order valence-corrected chi connectivity index (χ2v) is 9.79. The number of hydrogen-bond donors (Lipinski definition) is 2. The predicted molar refractivity (Wildman–Crippen MR) is 144 cm³/mol. The molecule has 4 rings (SSSR count). The number of nitrogens with zero attached hydrogens (tertiary/aromatic N) is 5. The van der Waals surface area contributed by atoms with Crippen molar-refractivity contribution in [2.24, 2.45) is 15.9 Å². The van der Waals surface area contributed by atoms with Crippen molar-refractivity contribution in [2.75, 3.05) is 38.5 Å². The van der Waals surface area contributed by atoms with Crippen LogP contribution in [-0.4, -0.2) is 65.6 Å². The van der Waals surface area contributed by atoms with E-state index in [1.807, 2.05) is 45.9 Å². The first-order valence-electron chi connectivity index (χ1n) is 12.6. The van der Waals surface area contributed by atoms with Gasteiger partial charge in [-0.1, -0.05) is 24.6 Å². The molecule has 9 heteroatoms. The topological polar surface area (TPSA) is 98.4 Å². The zero-order valence-electron chi connectivity index (χ0n) is 22.2. The molecule has 36 heavy (non-hydrogen) atoms. The van der Waals surface area contributed by atoms with E-state index in [0.717, 1.165) is 78.9 Å². The highest BCUT2D eigenvalue weighted by atomic mass is 16.4. The molecule has 3 heterocycles. The van der Waals surface area contributed by atoms with Crippen LogP contribution in [0.4, 0.5) is 11.7 Å². The molecule has 2 aliphatic heterocycles. The van der Waals surface area contributed by atoms with Crippen molar-refractivity contribution in [2.45, 2.75) is 47.5 Å². The van der Waals surface area contributed by atoms with Gasteiger partial charge in [0.15, 0.2) is 0 Å². The summed E-state index contributed by atoms with van der Waals surface area (Å²) in [6.07, 6.45) is 5.14. The fraction of sp³-hybridized carbons (Fsp3) is 0.481. The second-order valence-electron chi connectivity index (χ2n) is 9.79. The van der Waals surface area contributed by atoms with Crippen LogP contribution in [0.15, 0.2) is 44.6 Å². The lowest BCUT2D eigenvalue weighted by Gasteiger charge is -2.35. The van der Waals surface area contributed by atoms with Crippen LogP contribution in [0.25, 0.3) is 0 Å². The maximum atomic E-state index is 12.8. The van der Waals surface area contributed by atoms with Crippen molar-refractivity contribution in [3.8, 4) is 0 Å². The van der Waals surface area contributed by atoms with Gasteiger partial charge >= 0.3 is 6.01 Å². The van der Waals surface area contributed by atoms with Crippen LogP contribution in [0.3, 0.4) is 0 Å². The van der Waals surface area contributed by atoms with Crippen molar-refractivity contribution in [3.63, 3.8) is 0 Å². The van der Waals surface area contributed by atoms with E-state index in [1.165, 1.54) is 6.20 Å². The molecule has 1 aromatic carbocycles. The Morgan fingerprint density at radius 2 is 1.89 bits per heavy atom. The van der Waals surface area contributed by atoms with Gasteiger partial charge in [0.2, 0.25) is 5.76 Å². The van der Waals surface area contributed by atoms with Crippen LogP contribution in [0.5, 0.6) is 0 Å². The molecule has 1 atom stereocenters. The van der Waals surface area contributed by atoms with Crippen molar-refractivity contribution in [3.05, 3.63) is 52.7 Å². The van der Waals surface area contributed by atoms with E-state index in [1.54, 1.807) is 0 Å². The van der Waals surface area contributed by atoms with Crippen LogP contribution >= 0.6 is 0 Å². The van der Waals surface area contributed by atoms with E-state index in [0.29, 0.717) is 0 Å². The molecule has 2 N–H and O–H groups in total. The van der Waals surface area contributed by atoms with Gasteiger partial charge in [0.25, 0.3) is 5.91 Å². The van der Waals surface area contributed by atoms with E-state index in [2.05, 4.69) is 44.4 Å². The summed E-state index contributed by atoms with van der Waals surface area (Å²) in [4.78, 5) is 31.3. The van der Waals surface area contributed by atoms with E-state index in [-0.39, 0.29) is 23.6 Å². The van der Waals surface area contributed by atoms with Crippen molar-refractivity contribution >= 4 is 29.3 Å². The van der Waals surface area contributed by atoms with Gasteiger partial charge in [0.1, 0.15) is 17.5 Å². The standard InChI is InChI=1S/C27H37N7O2/c1-7-22-29-23(34-12-10-33(6)11-13-34)9-8-18(3)25(30-22)32-27-28-16-21(36-27)26(35)31-24-19(4)14-17(2)15-20(24)5/h7,14-16,18H,8-13H2,1-6H3,(H,31,35)(H,28,30,32)/b22-7+,29-23?. The molecule has 1 unspecified atom stereocenters. The summed E-state index contributed by atoms with van der Waals surface area (Å²) in [5.74, 6) is 2.51. The summed E-state index contributed by atoms with van der Waals surface area (Å²) in [6.45, 7) is 14.2. The van der Waals surface area contributed by atoms with Crippen LogP contribution in [0.2, 0.25) is 0 Å². The van der Waals surface area contributed by atoms with Gasteiger partial charge < -0.3 is 24.9 Å². The maximum absolute atomic E-state index is 12.8. The van der Waals surface area contributed by atoms with Gasteiger partial charge in [-0.25, -0.2) is 4.99 Å². The van der Waals surface area contributed by atoms with Gasteiger partial charge in [0.05, 0.1) is 6.20 Å². The minimum absolute atomic E-state index is 0.119. The van der Waals surface area contributed by atoms with E-state index >= 15 is 0 Å². The lowest BCUT2D eigenvalue weighted by molar-refractivity contribution is 0.0997. The fourth-order valence-electron chi connectivity index (χ4n) is 4.60. The van der Waals surface area contributed by atoms with E-state index in [4.69, 9.17) is 9.41 Å². The number of amidine groups is 2. The van der Waals surface area contributed by atoms with Crippen LogP contribution in [0, 0.1) is 26.7 Å². The summed E-state index contributed by atoms with van der Waals surface area (Å²) < 4.78 is 5.72. The quantitative estimate of drug-likeness (QED) is 0.660. The first-order valence-corrected chi connectivity index (χ1v) is 12.6. The fourth-order valence-corrected chi connectivity index (χ4v) is 4.60. The SMILES string of the molecule is C/C=C1\N=C(N2CCN(C)CC2)CCC(C)C(=Nc2ncc(C(=O)Nc3c(C)cc(C)cc3C)o2)N1. The highest BCUT2D eigenvalue weighted by Crippen LogP contribution is 2.24. The number of aliphatic imine (C=N–C) groups is 2. The number of allylic oxidation sites excluding steroid dienone is 1. The molecule has 9 nitrogen and oxygen atoms in total. The maximum Gasteiger partial charge on any atom is 0.323 e. The molecule has 0 spiro atoms. The largest absolute Gasteiger partial charge is 0.417 e. The first kappa shape index (κ1) is 25.6. The molecule has 192 valence electrons. The number of aryl methyl sites for hydroxylation is 3. The number of anilines is 1. The minimum atomic E-state index is -0.349. The predicted octanol–water partition coefficient (Wildman–Crippen LogP) is 4.41. The van der Waals surface area contributed by atoms with Gasteiger partial charge in [0, 0.05) is 44.2 Å². The zero-order chi connectivity index (χ0) is 25.8. The summed E-state index contributed by atoms with van der Waals surface area (Å²) in [5.41, 5.74) is 3.95. The summed E-state index contributed by atoms with van der Waals surface area (Å²) in [6, 6.07) is 4.23. The van der Waals surface area contributed by atoms with Crippen LogP contribution in [-0.2, 0) is 0 Å². The Balaban J connectivity index is 1.49. The number of oxazole rings is 1. The Hall–Kier alpha value is -3.46. The number of carbonyl (C=O) groups is 1. The lowest BCUT2D eigenvalue weighted by Crippen LogP contribution is -2.48. The number of hydrogen-bond acceptors (Lipinski definition) is 7. The molecule has 0 bridgehead atoms. The molecular formula is C27H37N7O2. The Kier molecular flexibility index (Phi) is 7.88. The molecule has 2 aliphatic rings. The minimum Gasteiger partial charge on any atom is -0.417 e. The number of piperazine rings is 1. The highest BCUT2D eigenvalue weighted by molar-refractivity contribution is 6.03. The molecular weight excluding hydrogens is 454 g/mol. The van der Waals surface area contributed by atoms with E-state index < -0.39 is 0 Å². The first-order chi connectivity index (χ1) is 17.2. The zero-order valence-corrected chi connectivity index (χ0v) is 22.2. The van der Waals surface area contributed by atoms with Crippen LogP contribution in [0.1, 0.15) is 53.9 Å². The van der Waals surface area contributed by atoms with E-state index in [9.17, 15) is 4.79 Å². The molecule has 0 aliphatic carbocycles. The summed E-state index contributed by atoms with van der Waals surface area (Å²) >= 11 is 0. The number of benzene rings is 1. The third-order valence-corrected chi connectivity index (χ3v) is 6.76. The Bertz CT molecular complexity index is 1180. The molecule has 2 aromatic rings. The number of amides is 1. The van der Waals surface area contributed by atoms with Crippen molar-refractivity contribution < 1.29 is 9.21 Å². The molecule has 1 amide bonds. The average molecular weight is 492 g/mol. The number of aromatic nitrogens is 1. The normalized spacial score (nSPS) is 21.7. The lowest BCUT2D eigenvalue weighted by atomic mass is 10.0. The Morgan fingerprint density at radius 3 is 2.56 bits per heavy atom. The molecule has 0 saturated carbocycles. The summed E-state index contributed by atoms with van der Waals surface area (Å²) in [7, 11) is 2.16. The highest BCUT2D eigenvalue weighted by Gasteiger charge is 2.23. The summed E-state index contributed by atoms with van der Waals surface area (Å²) in [5, 5.41) is 6.32. The Labute approximate surface area is 213 Å². The number of nitrogens with one attached hydrogen (secondary N) is 2. The molecule has 0 radical (unpaired) electrons. The van der Waals surface area contributed by atoms with Crippen molar-refractivity contribution in [1.82, 2.24) is 20.1 Å². The average Bonchev–Trinajstić information content (AvgIpc) is 3.30. The Morgan fingerprint density at radius 1 is 1.19 bits per heavy atom. The molecule has 1 fully saturated rings. The third kappa shape index (κ3) is 6.02. The van der Waals surface area contributed by atoms with Gasteiger partial charge in [-0.05, 0) is 58.4 Å². The molecule has 1 saturated heterocycles. The monoisotopic (exact) mass is 491 g/mol. The smallest absolute Gasteiger partial charge is 0.323 e. The number of rotatable bonds is 3. The van der Waals surface area contributed by atoms with Gasteiger partial charge in [-0.2, -0.15) is 9.98 Å². The number of likely N-dealkylation sites (N-methyl/N-ethyl adjacent to an activating group) is 1. The molecule has 1 aromatic heterocycles. The van der Waals surface area contributed by atoms with Crippen LogP contribution < -0.4 is 10.6 Å².